The molecule has 0 aliphatic rings. The minimum Gasteiger partial charge on any atom is -0.373 e. The van der Waals surface area contributed by atoms with Crippen LogP contribution < -0.4 is 4.90 Å². The molecule has 0 aromatic heterocycles. The molecule has 0 aliphatic carbocycles. The highest BCUT2D eigenvalue weighted by atomic mass is 19.4. The summed E-state index contributed by atoms with van der Waals surface area (Å²) >= 11 is 0. The number of benzene rings is 1. The second-order valence-electron chi connectivity index (χ2n) is 5.49. The number of aliphatic hydroxyl groups is 1. The Kier molecular flexibility index (Phi) is 5.45. The highest BCUT2D eigenvalue weighted by molar-refractivity contribution is 5.60. The molecule has 1 rings (SSSR count). The van der Waals surface area contributed by atoms with E-state index in [1.807, 2.05) is 6.07 Å². The van der Waals surface area contributed by atoms with Crippen LogP contribution in [-0.4, -0.2) is 31.1 Å². The summed E-state index contributed by atoms with van der Waals surface area (Å²) in [4.78, 5) is 1.57. The Morgan fingerprint density at radius 2 is 1.46 bits per heavy atom. The third-order valence-electron chi connectivity index (χ3n) is 3.67. The summed E-state index contributed by atoms with van der Waals surface area (Å²) in [5.41, 5.74) is -5.54. The summed E-state index contributed by atoms with van der Waals surface area (Å²) in [6.45, 7) is 2.96. The Bertz CT molecular complexity index is 608. The van der Waals surface area contributed by atoms with Crippen LogP contribution in [0.2, 0.25) is 0 Å². The topological polar surface area (TPSA) is 47.3 Å². The van der Waals surface area contributed by atoms with Gasteiger partial charge in [-0.05, 0) is 25.0 Å². The third kappa shape index (κ3) is 3.43. The maximum absolute atomic E-state index is 13.0. The number of halogens is 6. The normalized spacial score (nSPS) is 12.9. The Balaban J connectivity index is 3.50. The van der Waals surface area contributed by atoms with Crippen LogP contribution in [0.3, 0.4) is 0 Å². The summed E-state index contributed by atoms with van der Waals surface area (Å²) in [6, 6.07) is 3.25. The van der Waals surface area contributed by atoms with Gasteiger partial charge in [0.25, 0.3) is 5.60 Å². The Morgan fingerprint density at radius 3 is 1.79 bits per heavy atom. The second-order valence-corrected chi connectivity index (χ2v) is 5.49. The highest BCUT2D eigenvalue weighted by Crippen LogP contribution is 2.50. The van der Waals surface area contributed by atoms with Gasteiger partial charge < -0.3 is 10.0 Å². The molecular formula is C15H16F6N2O. The van der Waals surface area contributed by atoms with E-state index in [2.05, 4.69) is 0 Å². The zero-order valence-corrected chi connectivity index (χ0v) is 13.2. The van der Waals surface area contributed by atoms with Gasteiger partial charge in [-0.25, -0.2) is 0 Å². The van der Waals surface area contributed by atoms with Crippen molar-refractivity contribution in [3.63, 3.8) is 0 Å². The summed E-state index contributed by atoms with van der Waals surface area (Å²) in [6.07, 6.45) is -11.7. The molecule has 0 fully saturated rings. The quantitative estimate of drug-likeness (QED) is 0.833. The van der Waals surface area contributed by atoms with Gasteiger partial charge in [-0.3, -0.25) is 0 Å². The van der Waals surface area contributed by atoms with Gasteiger partial charge in [0, 0.05) is 24.8 Å². The zero-order valence-electron chi connectivity index (χ0n) is 13.2. The van der Waals surface area contributed by atoms with E-state index in [-0.39, 0.29) is 24.1 Å². The van der Waals surface area contributed by atoms with Crippen LogP contribution in [-0.2, 0) is 5.60 Å². The fourth-order valence-electron chi connectivity index (χ4n) is 2.58. The first kappa shape index (κ1) is 20.1. The first-order chi connectivity index (χ1) is 10.8. The van der Waals surface area contributed by atoms with Gasteiger partial charge in [-0.15, -0.1) is 0 Å². The SMILES string of the molecule is Cc1cc(C(O)(C(F)(F)F)C(F)(F)F)cc(C)c1N(C)CCC#N. The molecule has 0 unspecified atom stereocenters. The van der Waals surface area contributed by atoms with E-state index in [1.165, 1.54) is 13.8 Å². The Morgan fingerprint density at radius 1 is 1.04 bits per heavy atom. The van der Waals surface area contributed by atoms with E-state index >= 15 is 0 Å². The van der Waals surface area contributed by atoms with Gasteiger partial charge in [0.1, 0.15) is 0 Å². The Labute approximate surface area is 135 Å². The largest absolute Gasteiger partial charge is 0.430 e. The fourth-order valence-corrected chi connectivity index (χ4v) is 2.58. The average Bonchev–Trinajstić information content (AvgIpc) is 2.40. The molecule has 0 saturated heterocycles. The molecule has 0 atom stereocenters. The van der Waals surface area contributed by atoms with Crippen LogP contribution in [0, 0.1) is 25.2 Å². The molecule has 0 heterocycles. The lowest BCUT2D eigenvalue weighted by atomic mass is 9.88. The van der Waals surface area contributed by atoms with E-state index < -0.39 is 23.5 Å². The molecule has 134 valence electrons. The van der Waals surface area contributed by atoms with Crippen LogP contribution in [0.1, 0.15) is 23.1 Å². The van der Waals surface area contributed by atoms with Crippen molar-refractivity contribution in [2.75, 3.05) is 18.5 Å². The molecule has 0 radical (unpaired) electrons. The van der Waals surface area contributed by atoms with Gasteiger partial charge in [-0.2, -0.15) is 31.6 Å². The third-order valence-corrected chi connectivity index (χ3v) is 3.67. The molecule has 1 N–H and O–H groups in total. The standard InChI is InChI=1S/C15H16F6N2O/c1-9-7-11(13(24,14(16,17)18)15(19,20)21)8-10(2)12(9)23(3)6-4-5-22/h7-8,24H,4,6H2,1-3H3. The van der Waals surface area contributed by atoms with Crippen LogP contribution in [0.25, 0.3) is 0 Å². The van der Waals surface area contributed by atoms with Crippen LogP contribution in [0.15, 0.2) is 12.1 Å². The van der Waals surface area contributed by atoms with Crippen molar-refractivity contribution in [3.8, 4) is 6.07 Å². The number of hydrogen-bond donors (Lipinski definition) is 1. The van der Waals surface area contributed by atoms with E-state index in [0.29, 0.717) is 17.8 Å². The van der Waals surface area contributed by atoms with Crippen LogP contribution in [0.5, 0.6) is 0 Å². The first-order valence-electron chi connectivity index (χ1n) is 6.83. The highest BCUT2D eigenvalue weighted by Gasteiger charge is 2.71. The van der Waals surface area contributed by atoms with E-state index in [9.17, 15) is 31.4 Å². The van der Waals surface area contributed by atoms with Crippen molar-refractivity contribution in [1.29, 1.82) is 5.26 Å². The number of hydrogen-bond acceptors (Lipinski definition) is 3. The smallest absolute Gasteiger partial charge is 0.373 e. The molecule has 24 heavy (non-hydrogen) atoms. The molecule has 9 heteroatoms. The lowest BCUT2D eigenvalue weighted by Crippen LogP contribution is -2.54. The van der Waals surface area contributed by atoms with E-state index in [4.69, 9.17) is 5.26 Å². The lowest BCUT2D eigenvalue weighted by Gasteiger charge is -2.34. The lowest BCUT2D eigenvalue weighted by molar-refractivity contribution is -0.376. The molecule has 0 aliphatic heterocycles. The van der Waals surface area contributed by atoms with Gasteiger partial charge in [0.2, 0.25) is 0 Å². The average molecular weight is 354 g/mol. The maximum Gasteiger partial charge on any atom is 0.430 e. The first-order valence-corrected chi connectivity index (χ1v) is 6.83. The molecule has 0 amide bonds. The summed E-state index contributed by atoms with van der Waals surface area (Å²) in [7, 11) is 1.58. The molecule has 0 spiro atoms. The molecule has 1 aromatic carbocycles. The number of anilines is 1. The molecular weight excluding hydrogens is 338 g/mol. The predicted molar refractivity (Wildman–Crippen MR) is 75.4 cm³/mol. The number of nitrogens with zero attached hydrogens (tertiary/aromatic N) is 2. The van der Waals surface area contributed by atoms with Crippen LogP contribution >= 0.6 is 0 Å². The van der Waals surface area contributed by atoms with Crippen molar-refractivity contribution >= 4 is 5.69 Å². The second kappa shape index (κ2) is 6.51. The molecule has 0 saturated carbocycles. The van der Waals surface area contributed by atoms with Crippen molar-refractivity contribution in [2.45, 2.75) is 38.2 Å². The van der Waals surface area contributed by atoms with Crippen molar-refractivity contribution in [3.05, 3.63) is 28.8 Å². The van der Waals surface area contributed by atoms with Crippen molar-refractivity contribution in [1.82, 2.24) is 0 Å². The van der Waals surface area contributed by atoms with E-state index in [1.54, 1.807) is 11.9 Å². The summed E-state index contributed by atoms with van der Waals surface area (Å²) < 4.78 is 77.8. The van der Waals surface area contributed by atoms with Crippen molar-refractivity contribution in [2.24, 2.45) is 0 Å². The number of aryl methyl sites for hydroxylation is 2. The van der Waals surface area contributed by atoms with Gasteiger partial charge in [0.15, 0.2) is 0 Å². The van der Waals surface area contributed by atoms with Gasteiger partial charge in [-0.1, -0.05) is 12.1 Å². The Hall–Kier alpha value is -1.95. The van der Waals surface area contributed by atoms with Crippen LogP contribution in [0.4, 0.5) is 32.0 Å². The fraction of sp³-hybridized carbons (Fsp3) is 0.533. The number of nitriles is 1. The molecule has 3 nitrogen and oxygen atoms in total. The summed E-state index contributed by atoms with van der Waals surface area (Å²) in [5.74, 6) is 0. The maximum atomic E-state index is 13.0. The van der Waals surface area contributed by atoms with E-state index in [0.717, 1.165) is 0 Å². The van der Waals surface area contributed by atoms with Gasteiger partial charge >= 0.3 is 12.4 Å². The minimum atomic E-state index is -5.92. The zero-order chi connectivity index (χ0) is 18.9. The summed E-state index contributed by atoms with van der Waals surface area (Å²) in [5, 5.41) is 18.0. The van der Waals surface area contributed by atoms with Gasteiger partial charge in [0.05, 0.1) is 12.5 Å². The monoisotopic (exact) mass is 354 g/mol. The van der Waals surface area contributed by atoms with Crippen molar-refractivity contribution < 1.29 is 31.4 Å². The number of rotatable bonds is 4. The number of alkyl halides is 6. The molecule has 0 bridgehead atoms. The predicted octanol–water partition coefficient (Wildman–Crippen LogP) is 3.97. The minimum absolute atomic E-state index is 0.136. The molecule has 1 aromatic rings.